The van der Waals surface area contributed by atoms with E-state index in [0.717, 1.165) is 22.7 Å². The lowest BCUT2D eigenvalue weighted by atomic mass is 10.1. The molecule has 31 heavy (non-hydrogen) atoms. The zero-order valence-corrected chi connectivity index (χ0v) is 17.6. The summed E-state index contributed by atoms with van der Waals surface area (Å²) in [6, 6.07) is 16.5. The summed E-state index contributed by atoms with van der Waals surface area (Å²) in [7, 11) is 0. The van der Waals surface area contributed by atoms with E-state index in [1.165, 1.54) is 0 Å². The Balaban J connectivity index is 1.44. The van der Waals surface area contributed by atoms with Crippen molar-refractivity contribution in [2.24, 2.45) is 0 Å². The lowest BCUT2D eigenvalue weighted by Gasteiger charge is -2.06. The normalized spacial score (nSPS) is 10.8. The molecule has 0 bridgehead atoms. The highest BCUT2D eigenvalue weighted by atomic mass is 32.1. The second-order valence-corrected chi connectivity index (χ2v) is 7.63. The Morgan fingerprint density at radius 1 is 1.13 bits per heavy atom. The van der Waals surface area contributed by atoms with Gasteiger partial charge in [-0.05, 0) is 31.5 Å². The fourth-order valence-corrected chi connectivity index (χ4v) is 3.77. The molecule has 0 aliphatic heterocycles. The second-order valence-electron chi connectivity index (χ2n) is 6.87. The average molecular weight is 434 g/mol. The number of nitrogens with one attached hydrogen (secondary N) is 1. The molecule has 1 amide bonds. The van der Waals surface area contributed by atoms with Gasteiger partial charge in [-0.3, -0.25) is 24.9 Å². The fourth-order valence-electron chi connectivity index (χ4n) is 3.19. The van der Waals surface area contributed by atoms with Crippen LogP contribution in [0.5, 0.6) is 0 Å². The van der Waals surface area contributed by atoms with Gasteiger partial charge in [-0.1, -0.05) is 42.5 Å². The van der Waals surface area contributed by atoms with Crippen LogP contribution in [-0.2, 0) is 6.54 Å². The highest BCUT2D eigenvalue weighted by Crippen LogP contribution is 2.23. The zero-order chi connectivity index (χ0) is 22.0. The third-order valence-electron chi connectivity index (χ3n) is 4.75. The van der Waals surface area contributed by atoms with E-state index in [4.69, 9.17) is 0 Å². The molecule has 4 aromatic rings. The molecule has 0 unspecified atom stereocenters. The maximum atomic E-state index is 12.5. The molecule has 4 rings (SSSR count). The molecule has 0 aliphatic carbocycles. The fraction of sp³-hybridized carbons (Fsp3) is 0.143. The first-order valence-corrected chi connectivity index (χ1v) is 10.2. The van der Waals surface area contributed by atoms with E-state index in [1.807, 2.05) is 30.3 Å². The van der Waals surface area contributed by atoms with Gasteiger partial charge in [0.2, 0.25) is 5.13 Å². The molecule has 0 fully saturated rings. The highest BCUT2D eigenvalue weighted by molar-refractivity contribution is 7.10. The largest absolute Gasteiger partial charge is 0.312 e. The molecule has 156 valence electrons. The quantitative estimate of drug-likeness (QED) is 0.359. The number of amides is 1. The monoisotopic (exact) mass is 434 g/mol. The molecule has 0 radical (unpaired) electrons. The van der Waals surface area contributed by atoms with Gasteiger partial charge in [-0.2, -0.15) is 14.5 Å². The summed E-state index contributed by atoms with van der Waals surface area (Å²) in [6.45, 7) is 3.66. The SMILES string of the molecule is Cc1nn(Cc2ccc(C(=O)Nc3nc(-c4ccccc4)ns3)cc2)c(C)c1[N+](=O)[O-]. The molecule has 9 nitrogen and oxygen atoms in total. The van der Waals surface area contributed by atoms with Crippen molar-refractivity contribution in [1.29, 1.82) is 0 Å². The number of nitrogens with zero attached hydrogens (tertiary/aromatic N) is 5. The van der Waals surface area contributed by atoms with Crippen molar-refractivity contribution in [1.82, 2.24) is 19.1 Å². The van der Waals surface area contributed by atoms with Gasteiger partial charge < -0.3 is 0 Å². The van der Waals surface area contributed by atoms with Gasteiger partial charge in [0.1, 0.15) is 11.4 Å². The van der Waals surface area contributed by atoms with E-state index in [0.29, 0.717) is 34.5 Å². The molecule has 0 saturated carbocycles. The number of rotatable bonds is 6. The number of benzene rings is 2. The Morgan fingerprint density at radius 3 is 2.48 bits per heavy atom. The van der Waals surface area contributed by atoms with Gasteiger partial charge in [0, 0.05) is 22.7 Å². The molecular weight excluding hydrogens is 416 g/mol. The smallest absolute Gasteiger partial charge is 0.297 e. The van der Waals surface area contributed by atoms with Crippen LogP contribution in [0.1, 0.15) is 27.3 Å². The Kier molecular flexibility index (Phi) is 5.54. The first-order chi connectivity index (χ1) is 14.9. The summed E-state index contributed by atoms with van der Waals surface area (Å²) >= 11 is 1.12. The summed E-state index contributed by atoms with van der Waals surface area (Å²) in [5, 5.41) is 18.6. The van der Waals surface area contributed by atoms with E-state index in [2.05, 4.69) is 19.8 Å². The first-order valence-electron chi connectivity index (χ1n) is 9.40. The summed E-state index contributed by atoms with van der Waals surface area (Å²) in [5.41, 5.74) is 3.13. The molecule has 2 aromatic carbocycles. The van der Waals surface area contributed by atoms with E-state index < -0.39 is 4.92 Å². The number of nitro groups is 1. The number of anilines is 1. The summed E-state index contributed by atoms with van der Waals surface area (Å²) in [5.74, 6) is 0.277. The van der Waals surface area contributed by atoms with E-state index in [1.54, 1.807) is 42.8 Å². The molecule has 0 atom stereocenters. The Morgan fingerprint density at radius 2 is 1.84 bits per heavy atom. The van der Waals surface area contributed by atoms with Crippen LogP contribution in [0, 0.1) is 24.0 Å². The summed E-state index contributed by atoms with van der Waals surface area (Å²) in [6.07, 6.45) is 0. The number of carbonyl (C=O) groups is 1. The van der Waals surface area contributed by atoms with Gasteiger partial charge in [0.15, 0.2) is 5.82 Å². The maximum Gasteiger partial charge on any atom is 0.312 e. The minimum Gasteiger partial charge on any atom is -0.297 e. The topological polar surface area (TPSA) is 116 Å². The van der Waals surface area contributed by atoms with Crippen LogP contribution >= 0.6 is 11.5 Å². The minimum atomic E-state index is -0.418. The molecule has 0 spiro atoms. The van der Waals surface area contributed by atoms with E-state index >= 15 is 0 Å². The molecular formula is C21H18N6O3S. The van der Waals surface area contributed by atoms with Crippen LogP contribution in [0.4, 0.5) is 10.8 Å². The van der Waals surface area contributed by atoms with Crippen molar-refractivity contribution in [3.05, 3.63) is 87.2 Å². The molecule has 1 N–H and O–H groups in total. The summed E-state index contributed by atoms with van der Waals surface area (Å²) in [4.78, 5) is 27.6. The van der Waals surface area contributed by atoms with Crippen LogP contribution in [0.15, 0.2) is 54.6 Å². The van der Waals surface area contributed by atoms with Crippen molar-refractivity contribution >= 4 is 28.3 Å². The van der Waals surface area contributed by atoms with Crippen molar-refractivity contribution < 1.29 is 9.72 Å². The molecule has 2 heterocycles. The Hall–Kier alpha value is -3.92. The molecule has 10 heteroatoms. The number of hydrogen-bond acceptors (Lipinski definition) is 7. The first kappa shape index (κ1) is 20.4. The molecule has 0 aliphatic rings. The van der Waals surface area contributed by atoms with Gasteiger partial charge in [0.25, 0.3) is 5.91 Å². The second kappa shape index (κ2) is 8.44. The van der Waals surface area contributed by atoms with Crippen LogP contribution in [0.2, 0.25) is 0 Å². The standard InChI is InChI=1S/C21H18N6O3S/c1-13-18(27(29)30)14(2)26(24-13)12-15-8-10-17(11-9-15)20(28)23-21-22-19(25-31-21)16-6-4-3-5-7-16/h3-11H,12H2,1-2H3,(H,22,23,25,28). The minimum absolute atomic E-state index is 0.0305. The van der Waals surface area contributed by atoms with Crippen molar-refractivity contribution in [2.75, 3.05) is 5.32 Å². The zero-order valence-electron chi connectivity index (χ0n) is 16.8. The maximum absolute atomic E-state index is 12.5. The van der Waals surface area contributed by atoms with Gasteiger partial charge in [-0.25, -0.2) is 0 Å². The van der Waals surface area contributed by atoms with Gasteiger partial charge in [-0.15, -0.1) is 0 Å². The predicted octanol–water partition coefficient (Wildman–Crippen LogP) is 4.23. The third-order valence-corrected chi connectivity index (χ3v) is 5.38. The highest BCUT2D eigenvalue weighted by Gasteiger charge is 2.21. The molecule has 2 aromatic heterocycles. The lowest BCUT2D eigenvalue weighted by molar-refractivity contribution is -0.386. The van der Waals surface area contributed by atoms with Crippen LogP contribution in [-0.4, -0.2) is 30.0 Å². The molecule has 0 saturated heterocycles. The number of aryl methyl sites for hydroxylation is 1. The van der Waals surface area contributed by atoms with Crippen LogP contribution < -0.4 is 5.32 Å². The Bertz CT molecular complexity index is 1250. The van der Waals surface area contributed by atoms with E-state index in [-0.39, 0.29) is 11.6 Å². The van der Waals surface area contributed by atoms with Gasteiger partial charge in [0.05, 0.1) is 11.5 Å². The van der Waals surface area contributed by atoms with Crippen LogP contribution in [0.25, 0.3) is 11.4 Å². The average Bonchev–Trinajstić information content (AvgIpc) is 3.33. The third kappa shape index (κ3) is 4.33. The lowest BCUT2D eigenvalue weighted by Crippen LogP contribution is -2.12. The van der Waals surface area contributed by atoms with Crippen molar-refractivity contribution in [3.8, 4) is 11.4 Å². The van der Waals surface area contributed by atoms with Crippen molar-refractivity contribution in [3.63, 3.8) is 0 Å². The van der Waals surface area contributed by atoms with Gasteiger partial charge >= 0.3 is 5.69 Å². The number of aromatic nitrogens is 4. The van der Waals surface area contributed by atoms with E-state index in [9.17, 15) is 14.9 Å². The summed E-state index contributed by atoms with van der Waals surface area (Å²) < 4.78 is 5.87. The Labute approximate surface area is 181 Å². The number of carbonyl (C=O) groups excluding carboxylic acids is 1. The van der Waals surface area contributed by atoms with Crippen LogP contribution in [0.3, 0.4) is 0 Å². The number of hydrogen-bond donors (Lipinski definition) is 1. The van der Waals surface area contributed by atoms with Crippen molar-refractivity contribution in [2.45, 2.75) is 20.4 Å². The predicted molar refractivity (Wildman–Crippen MR) is 117 cm³/mol.